The standard InChI is InChI=1S/C21H23N3O4S.ClH/c1-23(2)10-11-24(21-22-15-12-14(26-3)8-9-19(15)29-21)20(25)18-13-27-16-6-4-5-7-17(16)28-18;/h4-9,12,18H,10-11,13H2,1-3H3;1H. The molecule has 2 aromatic carbocycles. The van der Waals surface area contributed by atoms with Crippen molar-refractivity contribution in [2.75, 3.05) is 45.8 Å². The molecule has 3 aromatic rings. The molecule has 0 bridgehead atoms. The summed E-state index contributed by atoms with van der Waals surface area (Å²) in [5, 5.41) is 0.641. The number of benzene rings is 2. The van der Waals surface area contributed by atoms with Crippen LogP contribution in [0.2, 0.25) is 0 Å². The van der Waals surface area contributed by atoms with Gasteiger partial charge in [-0.25, -0.2) is 4.98 Å². The number of amides is 1. The van der Waals surface area contributed by atoms with Crippen LogP contribution in [-0.2, 0) is 4.79 Å². The van der Waals surface area contributed by atoms with E-state index in [0.717, 1.165) is 16.0 Å². The minimum absolute atomic E-state index is 0. The lowest BCUT2D eigenvalue weighted by Gasteiger charge is -2.30. The predicted molar refractivity (Wildman–Crippen MR) is 121 cm³/mol. The van der Waals surface area contributed by atoms with Crippen LogP contribution in [0.4, 0.5) is 5.13 Å². The largest absolute Gasteiger partial charge is 0.497 e. The molecule has 1 amide bonds. The van der Waals surface area contributed by atoms with Crippen LogP contribution in [0.15, 0.2) is 42.5 Å². The average molecular weight is 450 g/mol. The van der Waals surface area contributed by atoms with Crippen molar-refractivity contribution < 1.29 is 19.0 Å². The van der Waals surface area contributed by atoms with Gasteiger partial charge in [-0.1, -0.05) is 23.5 Å². The van der Waals surface area contributed by atoms with Crippen LogP contribution in [0.5, 0.6) is 17.2 Å². The Kier molecular flexibility index (Phi) is 7.02. The second kappa shape index (κ2) is 9.51. The number of hydrogen-bond acceptors (Lipinski definition) is 7. The van der Waals surface area contributed by atoms with E-state index in [0.29, 0.717) is 29.7 Å². The fraction of sp³-hybridized carbons (Fsp3) is 0.333. The summed E-state index contributed by atoms with van der Waals surface area (Å²) >= 11 is 1.48. The third-order valence-corrected chi connectivity index (χ3v) is 5.69. The summed E-state index contributed by atoms with van der Waals surface area (Å²) in [4.78, 5) is 21.8. The van der Waals surface area contributed by atoms with Crippen LogP contribution < -0.4 is 19.1 Å². The van der Waals surface area contributed by atoms with Crippen molar-refractivity contribution in [3.63, 3.8) is 0 Å². The maximum atomic E-state index is 13.4. The first-order chi connectivity index (χ1) is 14.0. The van der Waals surface area contributed by atoms with Gasteiger partial charge in [0.25, 0.3) is 5.91 Å². The molecule has 1 aliphatic heterocycles. The van der Waals surface area contributed by atoms with Gasteiger partial charge in [0, 0.05) is 19.2 Å². The molecule has 30 heavy (non-hydrogen) atoms. The fourth-order valence-corrected chi connectivity index (χ4v) is 4.03. The molecule has 0 saturated heterocycles. The number of likely N-dealkylation sites (N-methyl/N-ethyl adjacent to an activating group) is 1. The molecule has 1 atom stereocenters. The van der Waals surface area contributed by atoms with Crippen LogP contribution in [-0.4, -0.2) is 62.8 Å². The van der Waals surface area contributed by atoms with E-state index in [-0.39, 0.29) is 24.9 Å². The summed E-state index contributed by atoms with van der Waals surface area (Å²) in [5.41, 5.74) is 0.804. The van der Waals surface area contributed by atoms with Crippen molar-refractivity contribution in [3.05, 3.63) is 42.5 Å². The highest BCUT2D eigenvalue weighted by atomic mass is 35.5. The van der Waals surface area contributed by atoms with Crippen molar-refractivity contribution in [2.24, 2.45) is 0 Å². The van der Waals surface area contributed by atoms with Crippen molar-refractivity contribution in [1.29, 1.82) is 0 Å². The maximum absolute atomic E-state index is 13.4. The SMILES string of the molecule is COc1ccc2sc(N(CCN(C)C)C(=O)C3COc4ccccc4O3)nc2c1.Cl. The third-order valence-electron chi connectivity index (χ3n) is 4.64. The summed E-state index contributed by atoms with van der Waals surface area (Å²) in [6.07, 6.45) is -0.714. The van der Waals surface area contributed by atoms with Gasteiger partial charge >= 0.3 is 0 Å². The molecular weight excluding hydrogens is 426 g/mol. The lowest BCUT2D eigenvalue weighted by Crippen LogP contribution is -2.48. The number of ether oxygens (including phenoxy) is 3. The number of hydrogen-bond donors (Lipinski definition) is 0. The van der Waals surface area contributed by atoms with Crippen LogP contribution >= 0.6 is 23.7 Å². The van der Waals surface area contributed by atoms with Gasteiger partial charge in [0.15, 0.2) is 16.6 Å². The molecule has 1 aliphatic rings. The van der Waals surface area contributed by atoms with Gasteiger partial charge in [-0.2, -0.15) is 0 Å². The third kappa shape index (κ3) is 4.61. The van der Waals surface area contributed by atoms with Crippen LogP contribution in [0.1, 0.15) is 0 Å². The second-order valence-corrected chi connectivity index (χ2v) is 8.00. The number of thiazole rings is 1. The van der Waals surface area contributed by atoms with Crippen molar-refractivity contribution >= 4 is 45.0 Å². The topological polar surface area (TPSA) is 64.1 Å². The summed E-state index contributed by atoms with van der Waals surface area (Å²) < 4.78 is 18.0. The monoisotopic (exact) mass is 449 g/mol. The number of aromatic nitrogens is 1. The number of methoxy groups -OCH3 is 1. The highest BCUT2D eigenvalue weighted by molar-refractivity contribution is 7.22. The summed E-state index contributed by atoms with van der Waals surface area (Å²) in [7, 11) is 5.57. The molecule has 0 radical (unpaired) electrons. The van der Waals surface area contributed by atoms with E-state index in [2.05, 4.69) is 4.98 Å². The summed E-state index contributed by atoms with van der Waals surface area (Å²) in [6, 6.07) is 13.1. The minimum atomic E-state index is -0.714. The van der Waals surface area contributed by atoms with E-state index >= 15 is 0 Å². The molecular formula is C21H24ClN3O4S. The van der Waals surface area contributed by atoms with E-state index in [9.17, 15) is 4.79 Å². The molecule has 0 aliphatic carbocycles. The highest BCUT2D eigenvalue weighted by Gasteiger charge is 2.33. The number of fused-ring (bicyclic) bond motifs is 2. The fourth-order valence-electron chi connectivity index (χ4n) is 3.05. The van der Waals surface area contributed by atoms with E-state index < -0.39 is 6.10 Å². The highest BCUT2D eigenvalue weighted by Crippen LogP contribution is 2.34. The zero-order valence-electron chi connectivity index (χ0n) is 17.0. The first-order valence-corrected chi connectivity index (χ1v) is 10.2. The van der Waals surface area contributed by atoms with Gasteiger partial charge in [0.1, 0.15) is 12.4 Å². The van der Waals surface area contributed by atoms with E-state index in [1.807, 2.05) is 61.5 Å². The number of rotatable bonds is 6. The Labute approximate surface area is 185 Å². The van der Waals surface area contributed by atoms with Crippen molar-refractivity contribution in [2.45, 2.75) is 6.10 Å². The number of anilines is 1. The Hall–Kier alpha value is -2.55. The molecule has 0 saturated carbocycles. The molecule has 1 unspecified atom stereocenters. The first-order valence-electron chi connectivity index (χ1n) is 9.34. The molecule has 7 nitrogen and oxygen atoms in total. The molecule has 1 aromatic heterocycles. The van der Waals surface area contributed by atoms with E-state index in [4.69, 9.17) is 14.2 Å². The molecule has 4 rings (SSSR count). The van der Waals surface area contributed by atoms with Gasteiger partial charge in [-0.3, -0.25) is 9.69 Å². The molecule has 0 N–H and O–H groups in total. The van der Waals surface area contributed by atoms with Gasteiger partial charge < -0.3 is 19.1 Å². The minimum Gasteiger partial charge on any atom is -0.497 e. The second-order valence-electron chi connectivity index (χ2n) is 6.99. The average Bonchev–Trinajstić information content (AvgIpc) is 3.15. The number of nitrogens with zero attached hydrogens (tertiary/aromatic N) is 3. The zero-order chi connectivity index (χ0) is 20.4. The number of carbonyl (C=O) groups is 1. The van der Waals surface area contributed by atoms with Crippen molar-refractivity contribution in [3.8, 4) is 17.2 Å². The lowest BCUT2D eigenvalue weighted by molar-refractivity contribution is -0.127. The molecule has 9 heteroatoms. The summed E-state index contributed by atoms with van der Waals surface area (Å²) in [5.74, 6) is 1.82. The van der Waals surface area contributed by atoms with Gasteiger partial charge in [-0.05, 0) is 38.4 Å². The number of para-hydroxylation sites is 2. The van der Waals surface area contributed by atoms with E-state index in [1.165, 1.54) is 11.3 Å². The number of carbonyl (C=O) groups excluding carboxylic acids is 1. The molecule has 160 valence electrons. The smallest absolute Gasteiger partial charge is 0.273 e. The molecule has 0 spiro atoms. The Morgan fingerprint density at radius 2 is 1.97 bits per heavy atom. The zero-order valence-corrected chi connectivity index (χ0v) is 18.7. The Balaban J connectivity index is 0.00000256. The van der Waals surface area contributed by atoms with Crippen LogP contribution in [0.25, 0.3) is 10.2 Å². The molecule has 2 heterocycles. The predicted octanol–water partition coefficient (Wildman–Crippen LogP) is 3.46. The first kappa shape index (κ1) is 22.1. The van der Waals surface area contributed by atoms with Crippen molar-refractivity contribution in [1.82, 2.24) is 9.88 Å². The Morgan fingerprint density at radius 1 is 1.20 bits per heavy atom. The quantitative estimate of drug-likeness (QED) is 0.574. The normalized spacial score (nSPS) is 15.0. The van der Waals surface area contributed by atoms with Gasteiger partial charge in [-0.15, -0.1) is 12.4 Å². The Morgan fingerprint density at radius 3 is 2.70 bits per heavy atom. The van der Waals surface area contributed by atoms with Gasteiger partial charge in [0.2, 0.25) is 6.10 Å². The van der Waals surface area contributed by atoms with E-state index in [1.54, 1.807) is 12.0 Å². The number of halogens is 1. The lowest BCUT2D eigenvalue weighted by atomic mass is 10.2. The summed E-state index contributed by atoms with van der Waals surface area (Å²) in [6.45, 7) is 1.38. The van der Waals surface area contributed by atoms with Crippen LogP contribution in [0, 0.1) is 0 Å². The van der Waals surface area contributed by atoms with Gasteiger partial charge in [0.05, 0.1) is 17.3 Å². The van der Waals surface area contributed by atoms with Crippen LogP contribution in [0.3, 0.4) is 0 Å². The molecule has 0 fully saturated rings. The Bertz CT molecular complexity index is 1030. The maximum Gasteiger partial charge on any atom is 0.273 e.